The van der Waals surface area contributed by atoms with Crippen LogP contribution in [0.1, 0.15) is 38.5 Å². The fourth-order valence-electron chi connectivity index (χ4n) is 2.72. The molecular weight excluding hydrogens is 172 g/mol. The van der Waals surface area contributed by atoms with Crippen molar-refractivity contribution < 1.29 is 0 Å². The average molecular weight is 196 g/mol. The van der Waals surface area contributed by atoms with Gasteiger partial charge in [-0.15, -0.1) is 0 Å². The van der Waals surface area contributed by atoms with Crippen LogP contribution >= 0.6 is 0 Å². The standard InChI is InChI=1S/C12H24N2/c1-2-8-14(9-3-1)10-6-12-5-4-7-13-11-12/h12-13H,1-11H2. The van der Waals surface area contributed by atoms with E-state index in [9.17, 15) is 0 Å². The fraction of sp³-hybridized carbons (Fsp3) is 1.00. The third-order valence-corrected chi connectivity index (χ3v) is 3.70. The molecule has 2 aliphatic rings. The van der Waals surface area contributed by atoms with Gasteiger partial charge in [0.15, 0.2) is 0 Å². The molecule has 0 aromatic rings. The molecule has 0 aromatic carbocycles. The van der Waals surface area contributed by atoms with E-state index in [1.54, 1.807) is 0 Å². The molecule has 0 bridgehead atoms. The van der Waals surface area contributed by atoms with Crippen LogP contribution in [0.4, 0.5) is 0 Å². The van der Waals surface area contributed by atoms with Crippen LogP contribution in [-0.4, -0.2) is 37.6 Å². The molecule has 0 aromatic heterocycles. The third-order valence-electron chi connectivity index (χ3n) is 3.70. The lowest BCUT2D eigenvalue weighted by molar-refractivity contribution is 0.204. The van der Waals surface area contributed by atoms with Crippen LogP contribution in [0.15, 0.2) is 0 Å². The normalized spacial score (nSPS) is 30.4. The van der Waals surface area contributed by atoms with Gasteiger partial charge >= 0.3 is 0 Å². The van der Waals surface area contributed by atoms with Gasteiger partial charge in [0.2, 0.25) is 0 Å². The monoisotopic (exact) mass is 196 g/mol. The lowest BCUT2D eigenvalue weighted by Gasteiger charge is -2.29. The fourth-order valence-corrected chi connectivity index (χ4v) is 2.72. The molecule has 2 heteroatoms. The Morgan fingerprint density at radius 3 is 2.64 bits per heavy atom. The second kappa shape index (κ2) is 5.72. The van der Waals surface area contributed by atoms with E-state index in [1.807, 2.05) is 0 Å². The van der Waals surface area contributed by atoms with Gasteiger partial charge in [-0.25, -0.2) is 0 Å². The lowest BCUT2D eigenvalue weighted by Crippen LogP contribution is -2.35. The van der Waals surface area contributed by atoms with Gasteiger partial charge in [0, 0.05) is 0 Å². The summed E-state index contributed by atoms with van der Waals surface area (Å²) in [5.41, 5.74) is 0. The Morgan fingerprint density at radius 2 is 1.93 bits per heavy atom. The SMILES string of the molecule is C1CCN(CCC2CCCNC2)CC1. The molecule has 2 rings (SSSR count). The summed E-state index contributed by atoms with van der Waals surface area (Å²) in [6, 6.07) is 0. The second-order valence-electron chi connectivity index (χ2n) is 4.90. The number of likely N-dealkylation sites (tertiary alicyclic amines) is 1. The van der Waals surface area contributed by atoms with Crippen molar-refractivity contribution in [1.29, 1.82) is 0 Å². The van der Waals surface area contributed by atoms with Gasteiger partial charge in [-0.1, -0.05) is 6.42 Å². The van der Waals surface area contributed by atoms with E-state index >= 15 is 0 Å². The smallest absolute Gasteiger partial charge is 0.00156 e. The van der Waals surface area contributed by atoms with E-state index in [0.717, 1.165) is 5.92 Å². The van der Waals surface area contributed by atoms with Gasteiger partial charge in [-0.2, -0.15) is 0 Å². The van der Waals surface area contributed by atoms with Gasteiger partial charge in [-0.3, -0.25) is 0 Å². The largest absolute Gasteiger partial charge is 0.316 e. The molecule has 0 saturated carbocycles. The van der Waals surface area contributed by atoms with Crippen molar-refractivity contribution in [1.82, 2.24) is 10.2 Å². The van der Waals surface area contributed by atoms with E-state index in [1.165, 1.54) is 71.2 Å². The maximum Gasteiger partial charge on any atom is -0.00156 e. The van der Waals surface area contributed by atoms with Gasteiger partial charge in [0.05, 0.1) is 0 Å². The van der Waals surface area contributed by atoms with Crippen LogP contribution in [-0.2, 0) is 0 Å². The van der Waals surface area contributed by atoms with Crippen LogP contribution in [0.3, 0.4) is 0 Å². The van der Waals surface area contributed by atoms with Crippen molar-refractivity contribution in [3.05, 3.63) is 0 Å². The van der Waals surface area contributed by atoms with Crippen LogP contribution in [0, 0.1) is 5.92 Å². The summed E-state index contributed by atoms with van der Waals surface area (Å²) in [7, 11) is 0. The van der Waals surface area contributed by atoms with Crippen molar-refractivity contribution in [3.8, 4) is 0 Å². The highest BCUT2D eigenvalue weighted by molar-refractivity contribution is 4.72. The van der Waals surface area contributed by atoms with Gasteiger partial charge in [-0.05, 0) is 70.7 Å². The summed E-state index contributed by atoms with van der Waals surface area (Å²) >= 11 is 0. The highest BCUT2D eigenvalue weighted by Gasteiger charge is 2.15. The van der Waals surface area contributed by atoms with Crippen LogP contribution in [0.5, 0.6) is 0 Å². The minimum atomic E-state index is 0.964. The first kappa shape index (κ1) is 10.4. The molecule has 2 fully saturated rings. The molecule has 1 atom stereocenters. The first-order valence-electron chi connectivity index (χ1n) is 6.38. The van der Waals surface area contributed by atoms with Gasteiger partial charge in [0.1, 0.15) is 0 Å². The van der Waals surface area contributed by atoms with Crippen LogP contribution < -0.4 is 5.32 Å². The van der Waals surface area contributed by atoms with Crippen molar-refractivity contribution in [2.24, 2.45) is 5.92 Å². The Bertz CT molecular complexity index is 128. The van der Waals surface area contributed by atoms with Crippen molar-refractivity contribution >= 4 is 0 Å². The number of hydrogen-bond donors (Lipinski definition) is 1. The van der Waals surface area contributed by atoms with E-state index in [-0.39, 0.29) is 0 Å². The molecule has 0 radical (unpaired) electrons. The maximum absolute atomic E-state index is 3.50. The average Bonchev–Trinajstić information content (AvgIpc) is 2.29. The van der Waals surface area contributed by atoms with Gasteiger partial charge < -0.3 is 10.2 Å². The Morgan fingerprint density at radius 1 is 1.07 bits per heavy atom. The Balaban J connectivity index is 1.60. The summed E-state index contributed by atoms with van der Waals surface area (Å²) in [5.74, 6) is 0.964. The summed E-state index contributed by atoms with van der Waals surface area (Å²) in [5, 5.41) is 3.50. The molecule has 0 amide bonds. The zero-order valence-corrected chi connectivity index (χ0v) is 9.30. The zero-order chi connectivity index (χ0) is 9.64. The quantitative estimate of drug-likeness (QED) is 0.741. The molecule has 1 N–H and O–H groups in total. The predicted molar refractivity (Wildman–Crippen MR) is 60.5 cm³/mol. The highest BCUT2D eigenvalue weighted by atomic mass is 15.1. The number of nitrogens with one attached hydrogen (secondary N) is 1. The topological polar surface area (TPSA) is 15.3 Å². The van der Waals surface area contributed by atoms with Crippen molar-refractivity contribution in [2.75, 3.05) is 32.7 Å². The molecule has 14 heavy (non-hydrogen) atoms. The molecule has 2 aliphatic heterocycles. The van der Waals surface area contributed by atoms with Crippen LogP contribution in [0.2, 0.25) is 0 Å². The number of nitrogens with zero attached hydrogens (tertiary/aromatic N) is 1. The van der Waals surface area contributed by atoms with Crippen molar-refractivity contribution in [2.45, 2.75) is 38.5 Å². The highest BCUT2D eigenvalue weighted by Crippen LogP contribution is 2.16. The molecule has 2 heterocycles. The number of piperidine rings is 2. The Hall–Kier alpha value is -0.0800. The maximum atomic E-state index is 3.50. The molecule has 0 spiro atoms. The third kappa shape index (κ3) is 3.25. The van der Waals surface area contributed by atoms with Crippen molar-refractivity contribution in [3.63, 3.8) is 0 Å². The number of hydrogen-bond acceptors (Lipinski definition) is 2. The first-order valence-corrected chi connectivity index (χ1v) is 6.38. The molecule has 2 nitrogen and oxygen atoms in total. The lowest BCUT2D eigenvalue weighted by atomic mass is 9.95. The Labute approximate surface area is 88.1 Å². The van der Waals surface area contributed by atoms with E-state index in [0.29, 0.717) is 0 Å². The summed E-state index contributed by atoms with van der Waals surface area (Å²) in [4.78, 5) is 2.66. The van der Waals surface area contributed by atoms with Gasteiger partial charge in [0.25, 0.3) is 0 Å². The van der Waals surface area contributed by atoms with E-state index < -0.39 is 0 Å². The molecule has 2 saturated heterocycles. The molecule has 1 unspecified atom stereocenters. The number of rotatable bonds is 3. The summed E-state index contributed by atoms with van der Waals surface area (Å²) in [6.07, 6.45) is 8.60. The zero-order valence-electron chi connectivity index (χ0n) is 9.30. The molecule has 82 valence electrons. The summed E-state index contributed by atoms with van der Waals surface area (Å²) < 4.78 is 0. The second-order valence-corrected chi connectivity index (χ2v) is 4.90. The minimum absolute atomic E-state index is 0.964. The van der Waals surface area contributed by atoms with E-state index in [4.69, 9.17) is 0 Å². The molecule has 0 aliphatic carbocycles. The minimum Gasteiger partial charge on any atom is -0.316 e. The van der Waals surface area contributed by atoms with Crippen LogP contribution in [0.25, 0.3) is 0 Å². The summed E-state index contributed by atoms with van der Waals surface area (Å²) in [6.45, 7) is 6.60. The first-order chi connectivity index (χ1) is 6.95. The Kier molecular flexibility index (Phi) is 4.26. The predicted octanol–water partition coefficient (Wildman–Crippen LogP) is 1.86. The molecular formula is C12H24N2. The van der Waals surface area contributed by atoms with E-state index in [2.05, 4.69) is 10.2 Å².